The van der Waals surface area contributed by atoms with Crippen LogP contribution in [-0.2, 0) is 9.53 Å². The minimum atomic E-state index is -1.89. The van der Waals surface area contributed by atoms with Crippen molar-refractivity contribution >= 4 is 5.97 Å². The molecule has 0 heterocycles. The topological polar surface area (TPSA) is 46.5 Å². The summed E-state index contributed by atoms with van der Waals surface area (Å²) in [5.74, 6) is -1.03. The number of rotatable bonds is 2. The zero-order valence-corrected chi connectivity index (χ0v) is 4.43. The Morgan fingerprint density at radius 2 is 2.50 bits per heavy atom. The Labute approximate surface area is 46.1 Å². The van der Waals surface area contributed by atoms with E-state index in [-0.39, 0.29) is 0 Å². The molecule has 0 bridgehead atoms. The highest BCUT2D eigenvalue weighted by Crippen LogP contribution is 1.89. The van der Waals surface area contributed by atoms with Gasteiger partial charge in [0.1, 0.15) is 0 Å². The molecule has 0 aromatic carbocycles. The van der Waals surface area contributed by atoms with Crippen LogP contribution in [0.5, 0.6) is 0 Å². The summed E-state index contributed by atoms with van der Waals surface area (Å²) in [6, 6.07) is 0. The lowest BCUT2D eigenvalue weighted by Crippen LogP contribution is -2.20. The molecule has 0 radical (unpaired) electrons. The number of alkyl halides is 1. The van der Waals surface area contributed by atoms with Gasteiger partial charge >= 0.3 is 5.97 Å². The first kappa shape index (κ1) is 7.36. The summed E-state index contributed by atoms with van der Waals surface area (Å²) < 4.78 is 15.7. The van der Waals surface area contributed by atoms with Crippen LogP contribution in [0.3, 0.4) is 0 Å². The van der Waals surface area contributed by atoms with E-state index in [1.807, 2.05) is 0 Å². The van der Waals surface area contributed by atoms with Crippen LogP contribution in [-0.4, -0.2) is 31.0 Å². The Hall–Kier alpha value is -0.640. The van der Waals surface area contributed by atoms with Crippen LogP contribution in [0, 0.1) is 0 Å². The molecular weight excluding hydrogens is 115 g/mol. The highest BCUT2D eigenvalue weighted by atomic mass is 19.1. The largest absolute Gasteiger partial charge is 0.467 e. The van der Waals surface area contributed by atoms with E-state index in [1.165, 1.54) is 0 Å². The van der Waals surface area contributed by atoms with Crippen molar-refractivity contribution in [2.24, 2.45) is 0 Å². The quantitative estimate of drug-likeness (QED) is 0.502. The Morgan fingerprint density at radius 1 is 2.00 bits per heavy atom. The molecule has 4 heteroatoms. The van der Waals surface area contributed by atoms with Crippen LogP contribution in [0.25, 0.3) is 0 Å². The number of hydrogen-bond acceptors (Lipinski definition) is 3. The third kappa shape index (κ3) is 1.88. The summed E-state index contributed by atoms with van der Waals surface area (Å²) in [7, 11) is 1.06. The number of aliphatic hydroxyl groups excluding tert-OH is 1. The molecule has 48 valence electrons. The van der Waals surface area contributed by atoms with Gasteiger partial charge in [-0.25, -0.2) is 9.18 Å². The van der Waals surface area contributed by atoms with Crippen LogP contribution < -0.4 is 0 Å². The third-order valence-corrected chi connectivity index (χ3v) is 0.617. The first-order valence-corrected chi connectivity index (χ1v) is 2.05. The van der Waals surface area contributed by atoms with Gasteiger partial charge in [-0.15, -0.1) is 0 Å². The lowest BCUT2D eigenvalue weighted by atomic mass is 10.4. The van der Waals surface area contributed by atoms with E-state index in [2.05, 4.69) is 4.74 Å². The van der Waals surface area contributed by atoms with Crippen molar-refractivity contribution < 1.29 is 19.0 Å². The van der Waals surface area contributed by atoms with Gasteiger partial charge in [0.05, 0.1) is 13.7 Å². The average molecular weight is 122 g/mol. The molecule has 0 fully saturated rings. The predicted molar refractivity (Wildman–Crippen MR) is 24.0 cm³/mol. The van der Waals surface area contributed by atoms with Crippen molar-refractivity contribution in [1.82, 2.24) is 0 Å². The number of ether oxygens (including phenoxy) is 1. The zero-order valence-electron chi connectivity index (χ0n) is 4.43. The van der Waals surface area contributed by atoms with Gasteiger partial charge in [-0.3, -0.25) is 0 Å². The number of halogens is 1. The molecule has 0 aromatic heterocycles. The van der Waals surface area contributed by atoms with E-state index in [9.17, 15) is 9.18 Å². The Morgan fingerprint density at radius 3 is 2.62 bits per heavy atom. The van der Waals surface area contributed by atoms with E-state index < -0.39 is 18.7 Å². The van der Waals surface area contributed by atoms with Gasteiger partial charge in [-0.1, -0.05) is 0 Å². The number of aliphatic hydroxyl groups is 1. The maximum absolute atomic E-state index is 11.8. The number of methoxy groups -OCH3 is 1. The van der Waals surface area contributed by atoms with Crippen LogP contribution >= 0.6 is 0 Å². The summed E-state index contributed by atoms with van der Waals surface area (Å²) in [6.07, 6.45) is -1.89. The minimum absolute atomic E-state index is 0.813. The Balaban J connectivity index is 3.46. The van der Waals surface area contributed by atoms with Crippen molar-refractivity contribution in [2.45, 2.75) is 6.17 Å². The number of carbonyl (C=O) groups is 1. The molecule has 0 rings (SSSR count). The van der Waals surface area contributed by atoms with Crippen molar-refractivity contribution in [3.8, 4) is 0 Å². The van der Waals surface area contributed by atoms with Gasteiger partial charge in [-0.2, -0.15) is 0 Å². The molecule has 0 aliphatic rings. The van der Waals surface area contributed by atoms with Gasteiger partial charge in [0.2, 0.25) is 6.17 Å². The first-order chi connectivity index (χ1) is 3.72. The van der Waals surface area contributed by atoms with Gasteiger partial charge in [0.15, 0.2) is 0 Å². The maximum atomic E-state index is 11.8. The highest BCUT2D eigenvalue weighted by Gasteiger charge is 2.14. The second kappa shape index (κ2) is 3.37. The fourth-order valence-corrected chi connectivity index (χ4v) is 0.202. The van der Waals surface area contributed by atoms with Crippen molar-refractivity contribution in [3.63, 3.8) is 0 Å². The maximum Gasteiger partial charge on any atom is 0.342 e. The molecule has 0 spiro atoms. The Kier molecular flexibility index (Phi) is 3.10. The molecule has 1 atom stereocenters. The SMILES string of the molecule is COC(=O)C(F)CO. The molecule has 0 saturated carbocycles. The van der Waals surface area contributed by atoms with Crippen molar-refractivity contribution in [1.29, 1.82) is 0 Å². The highest BCUT2D eigenvalue weighted by molar-refractivity contribution is 5.74. The van der Waals surface area contributed by atoms with Crippen LogP contribution in [0.4, 0.5) is 4.39 Å². The molecular formula is C4H7FO3. The predicted octanol–water partition coefficient (Wildman–Crippen LogP) is -0.510. The standard InChI is InChI=1S/C4H7FO3/c1-8-4(7)3(5)2-6/h3,6H,2H2,1H3. The van der Waals surface area contributed by atoms with E-state index in [0.29, 0.717) is 0 Å². The first-order valence-electron chi connectivity index (χ1n) is 2.05. The average Bonchev–Trinajstić information content (AvgIpc) is 1.84. The molecule has 1 unspecified atom stereocenters. The molecule has 3 nitrogen and oxygen atoms in total. The smallest absolute Gasteiger partial charge is 0.342 e. The van der Waals surface area contributed by atoms with Crippen molar-refractivity contribution in [2.75, 3.05) is 13.7 Å². The number of carbonyl (C=O) groups excluding carboxylic acids is 1. The minimum Gasteiger partial charge on any atom is -0.467 e. The third-order valence-electron chi connectivity index (χ3n) is 0.617. The summed E-state index contributed by atoms with van der Waals surface area (Å²) in [5.41, 5.74) is 0. The lowest BCUT2D eigenvalue weighted by Gasteiger charge is -1.98. The van der Waals surface area contributed by atoms with Crippen LogP contribution in [0.15, 0.2) is 0 Å². The van der Waals surface area contributed by atoms with Gasteiger partial charge < -0.3 is 9.84 Å². The molecule has 0 aliphatic heterocycles. The van der Waals surface area contributed by atoms with E-state index in [1.54, 1.807) is 0 Å². The summed E-state index contributed by atoms with van der Waals surface area (Å²) >= 11 is 0. The molecule has 8 heavy (non-hydrogen) atoms. The zero-order chi connectivity index (χ0) is 6.57. The molecule has 1 N–H and O–H groups in total. The summed E-state index contributed by atoms with van der Waals surface area (Å²) in [5, 5.41) is 7.96. The molecule has 0 aliphatic carbocycles. The summed E-state index contributed by atoms with van der Waals surface area (Å²) in [6.45, 7) is -0.813. The van der Waals surface area contributed by atoms with E-state index >= 15 is 0 Å². The number of esters is 1. The number of hydrogen-bond donors (Lipinski definition) is 1. The molecule has 0 saturated heterocycles. The van der Waals surface area contributed by atoms with Gasteiger partial charge in [0, 0.05) is 0 Å². The Bertz CT molecular complexity index is 83.4. The molecule has 0 amide bonds. The van der Waals surface area contributed by atoms with Crippen molar-refractivity contribution in [3.05, 3.63) is 0 Å². The van der Waals surface area contributed by atoms with E-state index in [0.717, 1.165) is 7.11 Å². The second-order valence-corrected chi connectivity index (χ2v) is 1.17. The van der Waals surface area contributed by atoms with Crippen LogP contribution in [0.1, 0.15) is 0 Å². The van der Waals surface area contributed by atoms with E-state index in [4.69, 9.17) is 5.11 Å². The lowest BCUT2D eigenvalue weighted by molar-refractivity contribution is -0.147. The fraction of sp³-hybridized carbons (Fsp3) is 0.750. The molecule has 0 aromatic rings. The van der Waals surface area contributed by atoms with Gasteiger partial charge in [0.25, 0.3) is 0 Å². The van der Waals surface area contributed by atoms with Crippen LogP contribution in [0.2, 0.25) is 0 Å². The summed E-state index contributed by atoms with van der Waals surface area (Å²) in [4.78, 5) is 9.99. The normalized spacial score (nSPS) is 12.9. The van der Waals surface area contributed by atoms with Gasteiger partial charge in [-0.05, 0) is 0 Å². The second-order valence-electron chi connectivity index (χ2n) is 1.17. The monoisotopic (exact) mass is 122 g/mol. The fourth-order valence-electron chi connectivity index (χ4n) is 0.202.